The molecule has 0 aliphatic heterocycles. The molecule has 0 saturated carbocycles. The van der Waals surface area contributed by atoms with Gasteiger partial charge in [0.25, 0.3) is 5.76 Å². The second-order valence-electron chi connectivity index (χ2n) is 3.61. The number of furan rings is 1. The Labute approximate surface area is 104 Å². The smallest absolute Gasteiger partial charge is 0.284 e. The average molecular weight is 264 g/mol. The van der Waals surface area contributed by atoms with Crippen molar-refractivity contribution in [3.63, 3.8) is 0 Å². The number of nitrogens with two attached hydrogens (primary N) is 1. The van der Waals surface area contributed by atoms with E-state index in [1.165, 1.54) is 0 Å². The van der Waals surface area contributed by atoms with E-state index >= 15 is 0 Å². The van der Waals surface area contributed by atoms with Crippen LogP contribution in [-0.4, -0.2) is 18.8 Å². The van der Waals surface area contributed by atoms with E-state index < -0.39 is 5.76 Å². The Morgan fingerprint density at radius 2 is 2.06 bits per heavy atom. The first-order chi connectivity index (χ1) is 8.22. The zero-order valence-corrected chi connectivity index (χ0v) is 10.4. The largest absolute Gasteiger partial charge is 0.464 e. The summed E-state index contributed by atoms with van der Waals surface area (Å²) in [5.41, 5.74) is 5.37. The quantitative estimate of drug-likeness (QED) is 0.673. The number of rotatable bonds is 9. The number of thioether (sulfide) groups is 1. The van der Waals surface area contributed by atoms with E-state index in [4.69, 9.17) is 10.2 Å². The van der Waals surface area contributed by atoms with Crippen molar-refractivity contribution < 1.29 is 13.2 Å². The Kier molecular flexibility index (Phi) is 7.23. The zero-order chi connectivity index (χ0) is 12.5. The van der Waals surface area contributed by atoms with Gasteiger partial charge in [-0.1, -0.05) is 11.8 Å². The molecule has 0 saturated heterocycles. The molecule has 1 aromatic heterocycles. The lowest BCUT2D eigenvalue weighted by Gasteiger charge is -2.01. The molecule has 3 nitrogen and oxygen atoms in total. The van der Waals surface area contributed by atoms with Crippen molar-refractivity contribution in [2.45, 2.75) is 30.9 Å². The highest BCUT2D eigenvalue weighted by Crippen LogP contribution is 2.21. The summed E-state index contributed by atoms with van der Waals surface area (Å²) in [5.74, 6) is -0.764. The van der Waals surface area contributed by atoms with Gasteiger partial charge in [0.2, 0.25) is 0 Å². The van der Waals surface area contributed by atoms with Crippen LogP contribution in [0.25, 0.3) is 0 Å². The molecule has 1 rings (SSSR count). The van der Waals surface area contributed by atoms with Crippen LogP contribution in [0.5, 0.6) is 0 Å². The number of hydrogen-bond donors (Lipinski definition) is 2. The van der Waals surface area contributed by atoms with Crippen LogP contribution in [0.4, 0.5) is 8.78 Å². The van der Waals surface area contributed by atoms with E-state index in [9.17, 15) is 8.78 Å². The summed E-state index contributed by atoms with van der Waals surface area (Å²) in [6.07, 6.45) is 2.03. The molecule has 98 valence electrons. The second-order valence-corrected chi connectivity index (χ2v) is 4.59. The first-order valence-corrected chi connectivity index (χ1v) is 6.65. The molecule has 0 atom stereocenters. The van der Waals surface area contributed by atoms with Gasteiger partial charge in [0.15, 0.2) is 0 Å². The maximum absolute atomic E-state index is 11.9. The van der Waals surface area contributed by atoms with Gasteiger partial charge in [0.1, 0.15) is 11.5 Å². The van der Waals surface area contributed by atoms with Gasteiger partial charge < -0.3 is 15.5 Å². The third-order valence-corrected chi connectivity index (χ3v) is 2.88. The molecule has 0 unspecified atom stereocenters. The summed E-state index contributed by atoms with van der Waals surface area (Å²) in [7, 11) is 0. The normalized spacial score (nSPS) is 11.3. The maximum atomic E-state index is 11.9. The van der Waals surface area contributed by atoms with Crippen molar-refractivity contribution in [2.75, 3.05) is 13.1 Å². The molecular weight excluding hydrogens is 246 g/mol. The van der Waals surface area contributed by atoms with Crippen molar-refractivity contribution in [3.05, 3.63) is 23.7 Å². The highest BCUT2D eigenvalue weighted by molar-refractivity contribution is 7.98. The Hall–Kier alpha value is -0.590. The summed E-state index contributed by atoms with van der Waals surface area (Å²) in [6.45, 7) is 2.22. The van der Waals surface area contributed by atoms with E-state index in [2.05, 4.69) is 5.32 Å². The fraction of sp³-hybridized carbons (Fsp3) is 0.636. The molecular formula is C11H18F2N2OS. The number of alkyl halides is 2. The fourth-order valence-electron chi connectivity index (χ4n) is 1.35. The van der Waals surface area contributed by atoms with Crippen LogP contribution in [0, 0.1) is 0 Å². The highest BCUT2D eigenvalue weighted by Gasteiger charge is 2.06. The number of nitrogens with one attached hydrogen (secondary N) is 1. The first-order valence-electron chi connectivity index (χ1n) is 5.60. The molecule has 0 aromatic carbocycles. The summed E-state index contributed by atoms with van der Waals surface area (Å²) in [4.78, 5) is 0. The van der Waals surface area contributed by atoms with Gasteiger partial charge >= 0.3 is 0 Å². The molecule has 0 bridgehead atoms. The monoisotopic (exact) mass is 264 g/mol. The Morgan fingerprint density at radius 1 is 1.29 bits per heavy atom. The molecule has 0 aliphatic carbocycles. The lowest BCUT2D eigenvalue weighted by Crippen LogP contribution is -2.15. The van der Waals surface area contributed by atoms with Gasteiger partial charge in [-0.25, -0.2) is 0 Å². The van der Waals surface area contributed by atoms with Crippen LogP contribution in [0.2, 0.25) is 0 Å². The predicted octanol–water partition coefficient (Wildman–Crippen LogP) is 2.56. The number of halogens is 2. The summed E-state index contributed by atoms with van der Waals surface area (Å²) in [6, 6.07) is 3.56. The van der Waals surface area contributed by atoms with Crippen molar-refractivity contribution in [2.24, 2.45) is 5.73 Å². The molecule has 3 N–H and O–H groups in total. The Morgan fingerprint density at radius 3 is 2.76 bits per heavy atom. The van der Waals surface area contributed by atoms with Gasteiger partial charge in [-0.3, -0.25) is 0 Å². The van der Waals surface area contributed by atoms with E-state index in [1.807, 2.05) is 6.07 Å². The van der Waals surface area contributed by atoms with Gasteiger partial charge in [0, 0.05) is 0 Å². The molecule has 6 heteroatoms. The van der Waals surface area contributed by atoms with Gasteiger partial charge in [-0.2, -0.15) is 8.78 Å². The van der Waals surface area contributed by atoms with Crippen molar-refractivity contribution in [1.82, 2.24) is 5.32 Å². The molecule has 17 heavy (non-hydrogen) atoms. The SMILES string of the molecule is NCCCCNCc1ccc(CSC(F)F)o1. The molecule has 0 aliphatic rings. The lowest BCUT2D eigenvalue weighted by molar-refractivity contribution is 0.251. The predicted molar refractivity (Wildman–Crippen MR) is 66.0 cm³/mol. The Bertz CT molecular complexity index is 307. The van der Waals surface area contributed by atoms with Crippen LogP contribution in [0.15, 0.2) is 16.5 Å². The minimum Gasteiger partial charge on any atom is -0.464 e. The lowest BCUT2D eigenvalue weighted by atomic mass is 10.3. The van der Waals surface area contributed by atoms with E-state index in [0.717, 1.165) is 25.1 Å². The first kappa shape index (κ1) is 14.5. The number of hydrogen-bond acceptors (Lipinski definition) is 4. The summed E-state index contributed by atoms with van der Waals surface area (Å²) >= 11 is 0.571. The second kappa shape index (κ2) is 8.49. The van der Waals surface area contributed by atoms with Gasteiger partial charge in [0.05, 0.1) is 12.3 Å². The highest BCUT2D eigenvalue weighted by atomic mass is 32.2. The van der Waals surface area contributed by atoms with E-state index in [1.54, 1.807) is 6.07 Å². The molecule has 0 fully saturated rings. The molecule has 0 amide bonds. The minimum absolute atomic E-state index is 0.213. The van der Waals surface area contributed by atoms with E-state index in [-0.39, 0.29) is 5.75 Å². The van der Waals surface area contributed by atoms with Crippen LogP contribution >= 0.6 is 11.8 Å². The Balaban J connectivity index is 2.17. The third kappa shape index (κ3) is 6.65. The zero-order valence-electron chi connectivity index (χ0n) is 9.62. The van der Waals surface area contributed by atoms with Gasteiger partial charge in [-0.15, -0.1) is 0 Å². The van der Waals surface area contributed by atoms with Gasteiger partial charge in [-0.05, 0) is 38.1 Å². The molecule has 0 radical (unpaired) electrons. The van der Waals surface area contributed by atoms with Crippen molar-refractivity contribution in [1.29, 1.82) is 0 Å². The standard InChI is InChI=1S/C11H18F2N2OS/c12-11(13)17-8-10-4-3-9(16-10)7-15-6-2-1-5-14/h3-4,11,15H,1-2,5-8,14H2. The molecule has 1 heterocycles. The van der Waals surface area contributed by atoms with Crippen LogP contribution in [0.3, 0.4) is 0 Å². The summed E-state index contributed by atoms with van der Waals surface area (Å²) in [5, 5.41) is 3.21. The topological polar surface area (TPSA) is 51.2 Å². The van der Waals surface area contributed by atoms with Crippen molar-refractivity contribution in [3.8, 4) is 0 Å². The molecule has 0 spiro atoms. The third-order valence-electron chi connectivity index (χ3n) is 2.18. The molecule has 1 aromatic rings. The van der Waals surface area contributed by atoms with Crippen LogP contribution < -0.4 is 11.1 Å². The fourth-order valence-corrected chi connectivity index (χ4v) is 1.79. The van der Waals surface area contributed by atoms with Crippen molar-refractivity contribution >= 4 is 11.8 Å². The summed E-state index contributed by atoms with van der Waals surface area (Å²) < 4.78 is 29.3. The average Bonchev–Trinajstić information content (AvgIpc) is 2.74. The van der Waals surface area contributed by atoms with Crippen LogP contribution in [0.1, 0.15) is 24.4 Å². The van der Waals surface area contributed by atoms with Crippen LogP contribution in [-0.2, 0) is 12.3 Å². The maximum Gasteiger partial charge on any atom is 0.284 e. The minimum atomic E-state index is -2.35. The van der Waals surface area contributed by atoms with E-state index in [0.29, 0.717) is 30.6 Å². The number of unbranched alkanes of at least 4 members (excludes halogenated alkanes) is 1.